The number of hydrogen-bond acceptors (Lipinski definition) is 3. The average molecular weight is 234 g/mol. The fraction of sp³-hybridized carbons (Fsp3) is 0. The zero-order chi connectivity index (χ0) is 12.3. The van der Waals surface area contributed by atoms with Gasteiger partial charge < -0.3 is 5.11 Å². The number of azo groups is 1. The molecule has 3 nitrogen and oxygen atoms in total. The van der Waals surface area contributed by atoms with Gasteiger partial charge in [-0.2, -0.15) is 0 Å². The fourth-order valence-corrected chi connectivity index (χ4v) is 1.22. The van der Waals surface area contributed by atoms with E-state index < -0.39 is 11.6 Å². The van der Waals surface area contributed by atoms with Gasteiger partial charge in [0.1, 0.15) is 17.1 Å². The number of nitrogens with zero attached hydrogens (tertiary/aromatic N) is 2. The lowest BCUT2D eigenvalue weighted by molar-refractivity contribution is 0.469. The highest BCUT2D eigenvalue weighted by atomic mass is 19.1. The van der Waals surface area contributed by atoms with Crippen molar-refractivity contribution in [3.05, 3.63) is 54.1 Å². The van der Waals surface area contributed by atoms with Crippen molar-refractivity contribution >= 4 is 11.4 Å². The van der Waals surface area contributed by atoms with Crippen molar-refractivity contribution in [1.29, 1.82) is 0 Å². The number of phenols is 1. The minimum absolute atomic E-state index is 0.0278. The number of halogens is 2. The van der Waals surface area contributed by atoms with Gasteiger partial charge in [-0.25, -0.2) is 8.78 Å². The van der Waals surface area contributed by atoms with E-state index in [2.05, 4.69) is 10.2 Å². The summed E-state index contributed by atoms with van der Waals surface area (Å²) in [4.78, 5) is 0. The summed E-state index contributed by atoms with van der Waals surface area (Å²) in [5.41, 5.74) is -0.0361. The predicted octanol–water partition coefficient (Wildman–Crippen LogP) is 4.09. The molecule has 0 radical (unpaired) electrons. The Kier molecular flexibility index (Phi) is 3.09. The van der Waals surface area contributed by atoms with Gasteiger partial charge in [0.15, 0.2) is 11.6 Å². The van der Waals surface area contributed by atoms with E-state index in [0.29, 0.717) is 0 Å². The molecule has 0 saturated carbocycles. The first-order valence-electron chi connectivity index (χ1n) is 4.81. The van der Waals surface area contributed by atoms with E-state index in [1.807, 2.05) is 0 Å². The second kappa shape index (κ2) is 4.69. The van der Waals surface area contributed by atoms with Crippen LogP contribution in [-0.2, 0) is 0 Å². The molecule has 17 heavy (non-hydrogen) atoms. The maximum absolute atomic E-state index is 13.2. The van der Waals surface area contributed by atoms with Gasteiger partial charge in [-0.3, -0.25) is 0 Å². The van der Waals surface area contributed by atoms with Crippen molar-refractivity contribution in [2.75, 3.05) is 0 Å². The second-order valence-corrected chi connectivity index (χ2v) is 3.29. The van der Waals surface area contributed by atoms with Crippen LogP contribution in [0.3, 0.4) is 0 Å². The van der Waals surface area contributed by atoms with Crippen LogP contribution in [0.25, 0.3) is 0 Å². The molecule has 0 saturated heterocycles. The molecule has 2 aromatic rings. The van der Waals surface area contributed by atoms with Gasteiger partial charge in [-0.1, -0.05) is 12.1 Å². The van der Waals surface area contributed by atoms with Gasteiger partial charge in [0.25, 0.3) is 0 Å². The molecule has 0 aliphatic rings. The lowest BCUT2D eigenvalue weighted by Crippen LogP contribution is -1.76. The molecule has 5 heteroatoms. The smallest absolute Gasteiger partial charge is 0.154 e. The first-order chi connectivity index (χ1) is 8.16. The molecule has 0 spiro atoms. The van der Waals surface area contributed by atoms with Crippen LogP contribution in [0.5, 0.6) is 5.75 Å². The number of rotatable bonds is 2. The molecule has 0 fully saturated rings. The van der Waals surface area contributed by atoms with Gasteiger partial charge >= 0.3 is 0 Å². The van der Waals surface area contributed by atoms with Crippen molar-refractivity contribution in [3.8, 4) is 5.75 Å². The lowest BCUT2D eigenvalue weighted by atomic mass is 10.3. The van der Waals surface area contributed by atoms with Crippen LogP contribution in [0.15, 0.2) is 52.7 Å². The molecule has 0 atom stereocenters. The monoisotopic (exact) mass is 234 g/mol. The summed E-state index contributed by atoms with van der Waals surface area (Å²) in [6.45, 7) is 0. The van der Waals surface area contributed by atoms with Gasteiger partial charge in [-0.05, 0) is 24.3 Å². The number of aromatic hydroxyl groups is 1. The lowest BCUT2D eigenvalue weighted by Gasteiger charge is -1.97. The Balaban J connectivity index is 2.29. The first kappa shape index (κ1) is 11.2. The van der Waals surface area contributed by atoms with Gasteiger partial charge in [0, 0.05) is 6.07 Å². The number of hydrogen-bond donors (Lipinski definition) is 1. The maximum atomic E-state index is 13.2. The van der Waals surface area contributed by atoms with Gasteiger partial charge in [0.05, 0.1) is 0 Å². The fourth-order valence-electron chi connectivity index (χ4n) is 1.22. The molecule has 2 rings (SSSR count). The maximum Gasteiger partial charge on any atom is 0.154 e. The second-order valence-electron chi connectivity index (χ2n) is 3.29. The average Bonchev–Trinajstić information content (AvgIpc) is 2.30. The predicted molar refractivity (Wildman–Crippen MR) is 58.6 cm³/mol. The SMILES string of the molecule is Oc1ccc(/N=N/c2ccccc2F)c(F)c1. The molecule has 0 amide bonds. The van der Waals surface area contributed by atoms with Crippen LogP contribution < -0.4 is 0 Å². The molecule has 1 N–H and O–H groups in total. The van der Waals surface area contributed by atoms with Gasteiger partial charge in [-0.15, -0.1) is 10.2 Å². The highest BCUT2D eigenvalue weighted by Crippen LogP contribution is 2.25. The Morgan fingerprint density at radius 1 is 0.824 bits per heavy atom. The summed E-state index contributed by atoms with van der Waals surface area (Å²) < 4.78 is 26.4. The molecule has 0 aliphatic heterocycles. The molecular weight excluding hydrogens is 226 g/mol. The zero-order valence-electron chi connectivity index (χ0n) is 8.64. The van der Waals surface area contributed by atoms with Crippen LogP contribution >= 0.6 is 0 Å². The summed E-state index contributed by atoms with van der Waals surface area (Å²) in [5.74, 6) is -1.45. The van der Waals surface area contributed by atoms with Crippen molar-refractivity contribution < 1.29 is 13.9 Å². The highest BCUT2D eigenvalue weighted by molar-refractivity contribution is 5.44. The molecule has 0 heterocycles. The van der Waals surface area contributed by atoms with Crippen molar-refractivity contribution in [2.24, 2.45) is 10.2 Å². The third-order valence-corrected chi connectivity index (χ3v) is 2.05. The zero-order valence-corrected chi connectivity index (χ0v) is 8.64. The molecule has 0 bridgehead atoms. The number of phenolic OH excluding ortho intramolecular Hbond substituents is 1. The van der Waals surface area contributed by atoms with Crippen molar-refractivity contribution in [1.82, 2.24) is 0 Å². The molecule has 0 aliphatic carbocycles. The standard InChI is InChI=1S/C12H8F2N2O/c13-9-3-1-2-4-11(9)15-16-12-6-5-8(17)7-10(12)14/h1-7,17H/b16-15+. The highest BCUT2D eigenvalue weighted by Gasteiger charge is 2.03. The van der Waals surface area contributed by atoms with Crippen LogP contribution in [0, 0.1) is 11.6 Å². The minimum Gasteiger partial charge on any atom is -0.508 e. The van der Waals surface area contributed by atoms with E-state index >= 15 is 0 Å². The van der Waals surface area contributed by atoms with E-state index in [-0.39, 0.29) is 17.1 Å². The van der Waals surface area contributed by atoms with Crippen LogP contribution in [0.2, 0.25) is 0 Å². The van der Waals surface area contributed by atoms with Crippen LogP contribution in [-0.4, -0.2) is 5.11 Å². The summed E-state index contributed by atoms with van der Waals surface area (Å²) in [6, 6.07) is 9.24. The first-order valence-corrected chi connectivity index (χ1v) is 4.81. The van der Waals surface area contributed by atoms with Gasteiger partial charge in [0.2, 0.25) is 0 Å². The van der Waals surface area contributed by atoms with Crippen molar-refractivity contribution in [2.45, 2.75) is 0 Å². The Morgan fingerprint density at radius 2 is 1.47 bits per heavy atom. The quantitative estimate of drug-likeness (QED) is 0.781. The van der Waals surface area contributed by atoms with Crippen LogP contribution in [0.4, 0.5) is 20.2 Å². The van der Waals surface area contributed by atoms with E-state index in [4.69, 9.17) is 5.11 Å². The van der Waals surface area contributed by atoms with E-state index in [1.54, 1.807) is 6.07 Å². The topological polar surface area (TPSA) is 45.0 Å². The normalized spacial score (nSPS) is 10.9. The third kappa shape index (κ3) is 2.63. The molecular formula is C12H8F2N2O. The number of benzene rings is 2. The Morgan fingerprint density at radius 3 is 2.12 bits per heavy atom. The summed E-state index contributed by atoms with van der Waals surface area (Å²) in [6.07, 6.45) is 0. The van der Waals surface area contributed by atoms with E-state index in [9.17, 15) is 8.78 Å². The summed E-state index contributed by atoms with van der Waals surface area (Å²) in [5, 5.41) is 16.2. The van der Waals surface area contributed by atoms with Crippen molar-refractivity contribution in [3.63, 3.8) is 0 Å². The van der Waals surface area contributed by atoms with E-state index in [0.717, 1.165) is 6.07 Å². The molecule has 86 valence electrons. The summed E-state index contributed by atoms with van der Waals surface area (Å²) >= 11 is 0. The summed E-state index contributed by atoms with van der Waals surface area (Å²) in [7, 11) is 0. The Labute approximate surface area is 96.1 Å². The van der Waals surface area contributed by atoms with E-state index in [1.165, 1.54) is 30.3 Å². The third-order valence-electron chi connectivity index (χ3n) is 2.05. The molecule has 0 aromatic heterocycles. The molecule has 0 unspecified atom stereocenters. The Bertz CT molecular complexity index is 570. The minimum atomic E-state index is -0.718. The largest absolute Gasteiger partial charge is 0.508 e. The molecule has 2 aromatic carbocycles. The Hall–Kier alpha value is -2.30. The van der Waals surface area contributed by atoms with Crippen LogP contribution in [0.1, 0.15) is 0 Å².